The third-order valence-corrected chi connectivity index (χ3v) is 11.8. The molecule has 1 aliphatic rings. The van der Waals surface area contributed by atoms with Gasteiger partial charge in [0.1, 0.15) is 24.4 Å². The largest absolute Gasteiger partial charge is 0.394 e. The van der Waals surface area contributed by atoms with Crippen LogP contribution in [0, 0.1) is 0 Å². The van der Waals surface area contributed by atoms with E-state index in [2.05, 4.69) is 67.8 Å². The molecule has 1 heterocycles. The minimum Gasteiger partial charge on any atom is -0.394 e. The lowest BCUT2D eigenvalue weighted by atomic mass is 9.99. The van der Waals surface area contributed by atoms with Crippen LogP contribution in [0.4, 0.5) is 0 Å². The summed E-state index contributed by atoms with van der Waals surface area (Å²) in [5, 5.41) is 54.3. The molecule has 6 N–H and O–H groups in total. The van der Waals surface area contributed by atoms with Gasteiger partial charge in [-0.15, -0.1) is 0 Å². The van der Waals surface area contributed by atoms with Crippen molar-refractivity contribution in [2.24, 2.45) is 0 Å². The molecule has 9 nitrogen and oxygen atoms in total. The number of unbranched alkanes of at least 4 members (excludes halogenated alkanes) is 24. The zero-order valence-electron chi connectivity index (χ0n) is 39.6. The Morgan fingerprint density at radius 1 is 0.548 bits per heavy atom. The van der Waals surface area contributed by atoms with E-state index in [4.69, 9.17) is 9.47 Å². The molecule has 0 radical (unpaired) electrons. The van der Waals surface area contributed by atoms with Gasteiger partial charge in [-0.25, -0.2) is 0 Å². The van der Waals surface area contributed by atoms with E-state index in [-0.39, 0.29) is 12.5 Å². The highest BCUT2D eigenvalue weighted by Gasteiger charge is 2.44. The quantitative estimate of drug-likeness (QED) is 0.0262. The van der Waals surface area contributed by atoms with Crippen molar-refractivity contribution in [1.29, 1.82) is 0 Å². The zero-order valence-corrected chi connectivity index (χ0v) is 39.6. The number of carbonyl (C=O) groups is 1. The van der Waals surface area contributed by atoms with Crippen molar-refractivity contribution in [2.45, 2.75) is 256 Å². The molecule has 62 heavy (non-hydrogen) atoms. The second kappa shape index (κ2) is 42.8. The van der Waals surface area contributed by atoms with Gasteiger partial charge in [-0.05, 0) is 70.6 Å². The minimum absolute atomic E-state index is 0.200. The smallest absolute Gasteiger partial charge is 0.220 e. The van der Waals surface area contributed by atoms with Crippen LogP contribution in [0.2, 0.25) is 0 Å². The third kappa shape index (κ3) is 32.5. The molecule has 1 saturated heterocycles. The minimum atomic E-state index is -1.58. The molecule has 360 valence electrons. The first-order valence-electron chi connectivity index (χ1n) is 25.5. The fourth-order valence-electron chi connectivity index (χ4n) is 7.71. The molecule has 1 fully saturated rings. The summed E-state index contributed by atoms with van der Waals surface area (Å²) in [6, 6.07) is -0.831. The van der Waals surface area contributed by atoms with E-state index in [1.54, 1.807) is 6.08 Å². The Labute approximate surface area is 379 Å². The average molecular weight is 874 g/mol. The lowest BCUT2D eigenvalue weighted by Gasteiger charge is -2.40. The van der Waals surface area contributed by atoms with Gasteiger partial charge >= 0.3 is 0 Å². The molecule has 1 aliphatic heterocycles. The highest BCUT2D eigenvalue weighted by Crippen LogP contribution is 2.22. The molecule has 1 rings (SSSR count). The van der Waals surface area contributed by atoms with Crippen LogP contribution < -0.4 is 5.32 Å². The summed E-state index contributed by atoms with van der Waals surface area (Å²) in [4.78, 5) is 13.0. The van der Waals surface area contributed by atoms with Crippen molar-refractivity contribution < 1.29 is 39.8 Å². The van der Waals surface area contributed by atoms with Crippen LogP contribution in [-0.4, -0.2) is 87.5 Å². The van der Waals surface area contributed by atoms with E-state index in [9.17, 15) is 30.3 Å². The number of allylic oxidation sites excluding steroid dienone is 9. The van der Waals surface area contributed by atoms with E-state index >= 15 is 0 Å². The maximum atomic E-state index is 13.0. The first-order chi connectivity index (χ1) is 30.3. The van der Waals surface area contributed by atoms with Gasteiger partial charge in [0.25, 0.3) is 0 Å². The Bertz CT molecular complexity index is 1150. The summed E-state index contributed by atoms with van der Waals surface area (Å²) in [7, 11) is 0. The van der Waals surface area contributed by atoms with Crippen LogP contribution in [0.15, 0.2) is 60.8 Å². The summed E-state index contributed by atoms with van der Waals surface area (Å²) >= 11 is 0. The van der Waals surface area contributed by atoms with Gasteiger partial charge in [-0.2, -0.15) is 0 Å². The van der Waals surface area contributed by atoms with Crippen LogP contribution in [-0.2, 0) is 14.3 Å². The van der Waals surface area contributed by atoms with Crippen molar-refractivity contribution in [2.75, 3.05) is 13.2 Å². The first-order valence-corrected chi connectivity index (χ1v) is 25.5. The van der Waals surface area contributed by atoms with Gasteiger partial charge in [0, 0.05) is 6.42 Å². The summed E-state index contributed by atoms with van der Waals surface area (Å²) in [6.07, 6.45) is 49.8. The van der Waals surface area contributed by atoms with Gasteiger partial charge in [0.2, 0.25) is 5.91 Å². The molecule has 0 aromatic carbocycles. The Hall–Kier alpha value is -2.11. The molecule has 9 heteroatoms. The fraction of sp³-hybridized carbons (Fsp3) is 0.792. The number of hydrogen-bond acceptors (Lipinski definition) is 8. The van der Waals surface area contributed by atoms with Crippen molar-refractivity contribution in [3.63, 3.8) is 0 Å². The molecule has 1 amide bonds. The number of rotatable bonds is 42. The highest BCUT2D eigenvalue weighted by molar-refractivity contribution is 5.76. The van der Waals surface area contributed by atoms with Gasteiger partial charge in [0.15, 0.2) is 6.29 Å². The Kier molecular flexibility index (Phi) is 40.0. The Balaban J connectivity index is 2.35. The van der Waals surface area contributed by atoms with E-state index in [0.29, 0.717) is 6.42 Å². The van der Waals surface area contributed by atoms with Crippen LogP contribution >= 0.6 is 0 Å². The third-order valence-electron chi connectivity index (χ3n) is 11.8. The van der Waals surface area contributed by atoms with Crippen molar-refractivity contribution in [3.8, 4) is 0 Å². The number of aliphatic hydroxyl groups is 5. The number of aliphatic hydroxyl groups excluding tert-OH is 5. The van der Waals surface area contributed by atoms with Crippen LogP contribution in [0.1, 0.15) is 213 Å². The number of amides is 1. The van der Waals surface area contributed by atoms with E-state index in [1.165, 1.54) is 128 Å². The summed E-state index contributed by atoms with van der Waals surface area (Å²) in [6.45, 7) is 3.74. The molecule has 7 unspecified atom stereocenters. The van der Waals surface area contributed by atoms with Crippen molar-refractivity contribution in [3.05, 3.63) is 60.8 Å². The molecule has 0 bridgehead atoms. The van der Waals surface area contributed by atoms with Crippen LogP contribution in [0.3, 0.4) is 0 Å². The van der Waals surface area contributed by atoms with Crippen LogP contribution in [0.5, 0.6) is 0 Å². The molecule has 7 atom stereocenters. The number of hydrogen-bond donors (Lipinski definition) is 6. The van der Waals surface area contributed by atoms with Gasteiger partial charge in [0.05, 0.1) is 25.4 Å². The normalized spacial score (nSPS) is 20.8. The van der Waals surface area contributed by atoms with Gasteiger partial charge < -0.3 is 40.3 Å². The van der Waals surface area contributed by atoms with E-state index in [1.807, 2.05) is 6.08 Å². The maximum Gasteiger partial charge on any atom is 0.220 e. The predicted octanol–water partition coefficient (Wildman–Crippen LogP) is 11.6. The lowest BCUT2D eigenvalue weighted by molar-refractivity contribution is -0.302. The SMILES string of the molecule is CCCCCCC/C=C\C/C=C\C/C=C\CCCCCCCCC(=O)NC(COC1OC(CO)C(O)C(O)C1O)C(O)/C=C/CC/C=C/CCCCCCCCCCCCCC. The lowest BCUT2D eigenvalue weighted by Crippen LogP contribution is -2.60. The summed E-state index contributed by atoms with van der Waals surface area (Å²) in [5.41, 5.74) is 0. The molecular weight excluding hydrogens is 779 g/mol. The summed E-state index contributed by atoms with van der Waals surface area (Å²) < 4.78 is 11.2. The first kappa shape index (κ1) is 57.9. The number of carbonyl (C=O) groups excluding carboxylic acids is 1. The van der Waals surface area contributed by atoms with E-state index in [0.717, 1.165) is 64.2 Å². The second-order valence-electron chi connectivity index (χ2n) is 17.6. The summed E-state index contributed by atoms with van der Waals surface area (Å²) in [5.74, 6) is -0.200. The zero-order chi connectivity index (χ0) is 45.1. The standard InChI is InChI=1S/C53H95NO8/c1-3-5-7-9-11-13-15-17-19-21-23-24-25-27-29-31-33-35-37-39-41-43-49(57)54-46(45-61-53-52(60)51(59)50(58)48(44-55)62-53)47(56)42-40-38-36-34-32-30-28-26-22-20-18-16-14-12-10-8-6-4-2/h15,17,21,23,25,27,32,34,40,42,46-48,50-53,55-56,58-60H,3-14,16,18-20,22,24,26,28-31,33,35-39,41,43-45H2,1-2H3,(H,54,57)/b17-15-,23-21-,27-25-,34-32+,42-40+. The molecule has 0 spiro atoms. The predicted molar refractivity (Wildman–Crippen MR) is 258 cm³/mol. The van der Waals surface area contributed by atoms with E-state index < -0.39 is 49.5 Å². The van der Waals surface area contributed by atoms with Gasteiger partial charge in [-0.3, -0.25) is 4.79 Å². The number of nitrogens with one attached hydrogen (secondary N) is 1. The van der Waals surface area contributed by atoms with Gasteiger partial charge in [-0.1, -0.05) is 197 Å². The fourth-order valence-corrected chi connectivity index (χ4v) is 7.71. The number of ether oxygens (including phenoxy) is 2. The van der Waals surface area contributed by atoms with Crippen molar-refractivity contribution in [1.82, 2.24) is 5.32 Å². The van der Waals surface area contributed by atoms with Crippen LogP contribution in [0.25, 0.3) is 0 Å². The van der Waals surface area contributed by atoms with Crippen molar-refractivity contribution >= 4 is 5.91 Å². The maximum absolute atomic E-state index is 13.0. The molecular formula is C53H95NO8. The second-order valence-corrected chi connectivity index (χ2v) is 17.6. The monoisotopic (exact) mass is 874 g/mol. The average Bonchev–Trinajstić information content (AvgIpc) is 3.27. The Morgan fingerprint density at radius 3 is 1.47 bits per heavy atom. The molecule has 0 saturated carbocycles. The molecule has 0 aromatic rings. The highest BCUT2D eigenvalue weighted by atomic mass is 16.7. The molecule has 0 aromatic heterocycles. The topological polar surface area (TPSA) is 149 Å². The molecule has 0 aliphatic carbocycles. The Morgan fingerprint density at radius 2 is 0.968 bits per heavy atom.